The minimum atomic E-state index is -0.834. The lowest BCUT2D eigenvalue weighted by atomic mass is 9.97. The highest BCUT2D eigenvalue weighted by molar-refractivity contribution is 5.66. The fraction of sp³-hybridized carbons (Fsp3) is 0.278. The zero-order chi connectivity index (χ0) is 15.5. The lowest BCUT2D eigenvalue weighted by Crippen LogP contribution is -2.32. The number of benzene rings is 2. The van der Waals surface area contributed by atoms with Crippen molar-refractivity contribution in [2.45, 2.75) is 25.3 Å². The molecule has 4 heteroatoms. The standard InChI is InChI=1S/C18H19NO3/c1-13-11-15(12-19(13)18(20)21)14-7-9-17(10-8-14)22-16-5-3-2-4-6-16/h2-10,13,15H,11-12H2,1H3,(H,20,21)/t13-,15?/m1/s1. The van der Waals surface area contributed by atoms with E-state index in [4.69, 9.17) is 9.84 Å². The Morgan fingerprint density at radius 3 is 2.32 bits per heavy atom. The van der Waals surface area contributed by atoms with Gasteiger partial charge in [0.1, 0.15) is 11.5 Å². The van der Waals surface area contributed by atoms with Crippen molar-refractivity contribution in [2.75, 3.05) is 6.54 Å². The van der Waals surface area contributed by atoms with Gasteiger partial charge in [-0.2, -0.15) is 0 Å². The van der Waals surface area contributed by atoms with E-state index >= 15 is 0 Å². The van der Waals surface area contributed by atoms with Crippen LogP contribution < -0.4 is 4.74 Å². The maximum Gasteiger partial charge on any atom is 0.407 e. The Balaban J connectivity index is 1.68. The number of para-hydroxylation sites is 1. The van der Waals surface area contributed by atoms with Crippen molar-refractivity contribution in [1.29, 1.82) is 0 Å². The van der Waals surface area contributed by atoms with E-state index < -0.39 is 6.09 Å². The third-order valence-electron chi connectivity index (χ3n) is 4.15. The maximum atomic E-state index is 11.2. The summed E-state index contributed by atoms with van der Waals surface area (Å²) in [5.41, 5.74) is 1.16. The molecule has 0 radical (unpaired) electrons. The first-order chi connectivity index (χ1) is 10.6. The third kappa shape index (κ3) is 3.06. The molecule has 4 nitrogen and oxygen atoms in total. The summed E-state index contributed by atoms with van der Waals surface area (Å²) in [5.74, 6) is 1.86. The van der Waals surface area contributed by atoms with Gasteiger partial charge in [-0.1, -0.05) is 30.3 Å². The molecule has 1 amide bonds. The van der Waals surface area contributed by atoms with E-state index in [1.165, 1.54) is 4.90 Å². The Morgan fingerprint density at radius 2 is 1.73 bits per heavy atom. The van der Waals surface area contributed by atoms with Crippen LogP contribution in [0.2, 0.25) is 0 Å². The number of rotatable bonds is 3. The van der Waals surface area contributed by atoms with Gasteiger partial charge in [0.05, 0.1) is 0 Å². The molecule has 1 unspecified atom stereocenters. The van der Waals surface area contributed by atoms with Crippen LogP contribution in [0.3, 0.4) is 0 Å². The van der Waals surface area contributed by atoms with Crippen molar-refractivity contribution in [3.63, 3.8) is 0 Å². The summed E-state index contributed by atoms with van der Waals surface area (Å²) in [6.45, 7) is 2.52. The van der Waals surface area contributed by atoms with Gasteiger partial charge in [-0.05, 0) is 43.2 Å². The van der Waals surface area contributed by atoms with Crippen molar-refractivity contribution in [2.24, 2.45) is 0 Å². The lowest BCUT2D eigenvalue weighted by molar-refractivity contribution is 0.143. The van der Waals surface area contributed by atoms with Crippen LogP contribution in [0.4, 0.5) is 4.79 Å². The van der Waals surface area contributed by atoms with Crippen LogP contribution in [0.25, 0.3) is 0 Å². The van der Waals surface area contributed by atoms with Gasteiger partial charge < -0.3 is 14.7 Å². The smallest absolute Gasteiger partial charge is 0.407 e. The van der Waals surface area contributed by atoms with Crippen molar-refractivity contribution >= 4 is 6.09 Å². The van der Waals surface area contributed by atoms with Gasteiger partial charge >= 0.3 is 6.09 Å². The largest absolute Gasteiger partial charge is 0.465 e. The summed E-state index contributed by atoms with van der Waals surface area (Å²) >= 11 is 0. The number of nitrogens with zero attached hydrogens (tertiary/aromatic N) is 1. The van der Waals surface area contributed by atoms with Crippen LogP contribution in [0.1, 0.15) is 24.8 Å². The number of likely N-dealkylation sites (tertiary alicyclic amines) is 1. The van der Waals surface area contributed by atoms with E-state index in [2.05, 4.69) is 0 Å². The van der Waals surface area contributed by atoms with Gasteiger partial charge in [-0.3, -0.25) is 0 Å². The normalized spacial score (nSPS) is 20.9. The highest BCUT2D eigenvalue weighted by Gasteiger charge is 2.32. The molecule has 0 bridgehead atoms. The molecule has 2 aromatic rings. The third-order valence-corrected chi connectivity index (χ3v) is 4.15. The molecule has 0 spiro atoms. The highest BCUT2D eigenvalue weighted by Crippen LogP contribution is 2.33. The molecule has 22 heavy (non-hydrogen) atoms. The molecule has 1 heterocycles. The second kappa shape index (κ2) is 6.10. The zero-order valence-electron chi connectivity index (χ0n) is 12.5. The minimum absolute atomic E-state index is 0.0720. The van der Waals surface area contributed by atoms with Gasteiger partial charge in [0.15, 0.2) is 0 Å². The van der Waals surface area contributed by atoms with E-state index in [1.807, 2.05) is 61.5 Å². The van der Waals surface area contributed by atoms with E-state index in [9.17, 15) is 4.79 Å². The molecule has 1 fully saturated rings. The van der Waals surface area contributed by atoms with Gasteiger partial charge in [0.25, 0.3) is 0 Å². The van der Waals surface area contributed by atoms with Crippen LogP contribution in [-0.4, -0.2) is 28.7 Å². The molecule has 2 aromatic carbocycles. The van der Waals surface area contributed by atoms with Gasteiger partial charge in [-0.15, -0.1) is 0 Å². The molecular formula is C18H19NO3. The molecule has 1 N–H and O–H groups in total. The number of amides is 1. The number of hydrogen-bond acceptors (Lipinski definition) is 2. The molecular weight excluding hydrogens is 278 g/mol. The summed E-state index contributed by atoms with van der Waals surface area (Å²) in [7, 11) is 0. The fourth-order valence-corrected chi connectivity index (χ4v) is 2.97. The number of carbonyl (C=O) groups is 1. The Morgan fingerprint density at radius 1 is 1.09 bits per heavy atom. The van der Waals surface area contributed by atoms with Gasteiger partial charge in [0, 0.05) is 18.5 Å². The molecule has 1 saturated heterocycles. The van der Waals surface area contributed by atoms with Crippen molar-refractivity contribution in [1.82, 2.24) is 4.90 Å². The van der Waals surface area contributed by atoms with E-state index in [0.717, 1.165) is 23.5 Å². The fourth-order valence-electron chi connectivity index (χ4n) is 2.97. The van der Waals surface area contributed by atoms with E-state index in [0.29, 0.717) is 6.54 Å². The second-order valence-electron chi connectivity index (χ2n) is 5.70. The number of hydrogen-bond donors (Lipinski definition) is 1. The van der Waals surface area contributed by atoms with Gasteiger partial charge in [-0.25, -0.2) is 4.79 Å². The second-order valence-corrected chi connectivity index (χ2v) is 5.70. The van der Waals surface area contributed by atoms with Gasteiger partial charge in [0.2, 0.25) is 0 Å². The average Bonchev–Trinajstić information content (AvgIpc) is 2.91. The van der Waals surface area contributed by atoms with Crippen molar-refractivity contribution in [3.05, 3.63) is 60.2 Å². The van der Waals surface area contributed by atoms with Crippen LogP contribution in [0, 0.1) is 0 Å². The monoisotopic (exact) mass is 297 g/mol. The van der Waals surface area contributed by atoms with Crippen molar-refractivity contribution < 1.29 is 14.6 Å². The topological polar surface area (TPSA) is 49.8 Å². The Bertz CT molecular complexity index is 639. The summed E-state index contributed by atoms with van der Waals surface area (Å²) in [5, 5.41) is 9.16. The molecule has 1 aliphatic rings. The van der Waals surface area contributed by atoms with Crippen LogP contribution in [0.15, 0.2) is 54.6 Å². The quantitative estimate of drug-likeness (QED) is 0.917. The van der Waals surface area contributed by atoms with E-state index in [1.54, 1.807) is 0 Å². The van der Waals surface area contributed by atoms with E-state index in [-0.39, 0.29) is 12.0 Å². The Labute approximate surface area is 130 Å². The molecule has 0 aromatic heterocycles. The first-order valence-corrected chi connectivity index (χ1v) is 7.46. The number of ether oxygens (including phenoxy) is 1. The first-order valence-electron chi connectivity index (χ1n) is 7.46. The van der Waals surface area contributed by atoms with Crippen molar-refractivity contribution in [3.8, 4) is 11.5 Å². The zero-order valence-corrected chi connectivity index (χ0v) is 12.5. The average molecular weight is 297 g/mol. The minimum Gasteiger partial charge on any atom is -0.465 e. The molecule has 0 saturated carbocycles. The predicted octanol–water partition coefficient (Wildman–Crippen LogP) is 4.33. The first kappa shape index (κ1) is 14.4. The highest BCUT2D eigenvalue weighted by atomic mass is 16.5. The molecule has 1 aliphatic heterocycles. The lowest BCUT2D eigenvalue weighted by Gasteiger charge is -2.16. The SMILES string of the molecule is C[C@@H]1CC(c2ccc(Oc3ccccc3)cc2)CN1C(=O)O. The Kier molecular flexibility index (Phi) is 4.00. The Hall–Kier alpha value is -2.49. The molecule has 3 rings (SSSR count). The number of carboxylic acid groups (broad SMARTS) is 1. The van der Waals surface area contributed by atoms with Crippen LogP contribution >= 0.6 is 0 Å². The summed E-state index contributed by atoms with van der Waals surface area (Å²) < 4.78 is 5.77. The van der Waals surface area contributed by atoms with Crippen LogP contribution in [0.5, 0.6) is 11.5 Å². The molecule has 114 valence electrons. The summed E-state index contributed by atoms with van der Waals surface area (Å²) in [4.78, 5) is 12.7. The predicted molar refractivity (Wildman–Crippen MR) is 84.5 cm³/mol. The maximum absolute atomic E-state index is 11.2. The molecule has 2 atom stereocenters. The summed E-state index contributed by atoms with van der Waals surface area (Å²) in [6, 6.07) is 17.7. The summed E-state index contributed by atoms with van der Waals surface area (Å²) in [6.07, 6.45) is 0.0320. The molecule has 0 aliphatic carbocycles. The van der Waals surface area contributed by atoms with Crippen LogP contribution in [-0.2, 0) is 0 Å².